The third kappa shape index (κ3) is 2.48. The number of aromatic amines is 1. The lowest BCUT2D eigenvalue weighted by Crippen LogP contribution is -2.21. The highest BCUT2D eigenvalue weighted by Gasteiger charge is 2.32. The zero-order valence-electron chi connectivity index (χ0n) is 6.69. The van der Waals surface area contributed by atoms with Crippen molar-refractivity contribution in [3.8, 4) is 5.75 Å². The van der Waals surface area contributed by atoms with Crippen molar-refractivity contribution in [2.24, 2.45) is 0 Å². The van der Waals surface area contributed by atoms with E-state index in [0.29, 0.717) is 0 Å². The van der Waals surface area contributed by atoms with Crippen LogP contribution in [0.1, 0.15) is 5.56 Å². The molecule has 0 aliphatic carbocycles. The van der Waals surface area contributed by atoms with E-state index in [9.17, 15) is 22.4 Å². The zero-order valence-corrected chi connectivity index (χ0v) is 6.69. The molecule has 0 spiro atoms. The molecule has 1 rings (SSSR count). The summed E-state index contributed by atoms with van der Waals surface area (Å²) in [5, 5.41) is 0. The van der Waals surface area contributed by atoms with Crippen LogP contribution in [0.5, 0.6) is 5.75 Å². The molecule has 7 heteroatoms. The fourth-order valence-corrected chi connectivity index (χ4v) is 0.839. The molecular formula is C7H5F4NO2. The largest absolute Gasteiger partial charge is 0.573 e. The number of rotatable bonds is 2. The van der Waals surface area contributed by atoms with Gasteiger partial charge in [0.2, 0.25) is 0 Å². The van der Waals surface area contributed by atoms with Gasteiger partial charge < -0.3 is 9.72 Å². The van der Waals surface area contributed by atoms with Crippen LogP contribution in [0.3, 0.4) is 0 Å². The highest BCUT2D eigenvalue weighted by molar-refractivity contribution is 5.29. The van der Waals surface area contributed by atoms with Crippen molar-refractivity contribution in [3.63, 3.8) is 0 Å². The van der Waals surface area contributed by atoms with Gasteiger partial charge in [-0.25, -0.2) is 4.39 Å². The second-order valence-corrected chi connectivity index (χ2v) is 2.33. The smallest absolute Gasteiger partial charge is 0.405 e. The highest BCUT2D eigenvalue weighted by atomic mass is 19.4. The third-order valence-electron chi connectivity index (χ3n) is 1.38. The summed E-state index contributed by atoms with van der Waals surface area (Å²) in [5.74, 6) is -0.816. The van der Waals surface area contributed by atoms with Gasteiger partial charge >= 0.3 is 6.36 Å². The lowest BCUT2D eigenvalue weighted by atomic mass is 10.3. The first-order chi connectivity index (χ1) is 6.44. The van der Waals surface area contributed by atoms with Crippen LogP contribution in [-0.4, -0.2) is 11.3 Å². The van der Waals surface area contributed by atoms with Gasteiger partial charge in [0.15, 0.2) is 0 Å². The van der Waals surface area contributed by atoms with E-state index in [4.69, 9.17) is 0 Å². The van der Waals surface area contributed by atoms with Gasteiger partial charge in [0, 0.05) is 6.20 Å². The average Bonchev–Trinajstić information content (AvgIpc) is 2.01. The maximum absolute atomic E-state index is 12.2. The molecular weight excluding hydrogens is 206 g/mol. The van der Waals surface area contributed by atoms with Crippen LogP contribution >= 0.6 is 0 Å². The Morgan fingerprint density at radius 1 is 1.43 bits per heavy atom. The molecule has 78 valence electrons. The minimum atomic E-state index is -4.93. The maximum Gasteiger partial charge on any atom is 0.573 e. The zero-order chi connectivity index (χ0) is 10.8. The van der Waals surface area contributed by atoms with E-state index in [1.54, 1.807) is 0 Å². The molecule has 0 aliphatic rings. The lowest BCUT2D eigenvalue weighted by Gasteiger charge is -2.10. The van der Waals surface area contributed by atoms with E-state index < -0.39 is 29.9 Å². The summed E-state index contributed by atoms with van der Waals surface area (Å²) in [6.45, 7) is -1.32. The second kappa shape index (κ2) is 3.69. The van der Waals surface area contributed by atoms with Crippen molar-refractivity contribution >= 4 is 0 Å². The SMILES string of the molecule is O=c1[nH]ccc(OC(F)(F)F)c1CF. The number of hydrogen-bond acceptors (Lipinski definition) is 2. The quantitative estimate of drug-likeness (QED) is 0.757. The first-order valence-electron chi connectivity index (χ1n) is 3.46. The van der Waals surface area contributed by atoms with Gasteiger partial charge in [-0.05, 0) is 6.07 Å². The van der Waals surface area contributed by atoms with E-state index in [2.05, 4.69) is 4.74 Å². The summed E-state index contributed by atoms with van der Waals surface area (Å²) in [7, 11) is 0. The number of H-pyrrole nitrogens is 1. The summed E-state index contributed by atoms with van der Waals surface area (Å²) in [6.07, 6.45) is -3.99. The number of ether oxygens (including phenoxy) is 1. The monoisotopic (exact) mass is 211 g/mol. The van der Waals surface area contributed by atoms with Crippen LogP contribution in [0.25, 0.3) is 0 Å². The molecule has 0 saturated carbocycles. The molecule has 14 heavy (non-hydrogen) atoms. The Morgan fingerprint density at radius 2 is 2.07 bits per heavy atom. The van der Waals surface area contributed by atoms with Gasteiger partial charge in [0.05, 0.1) is 5.56 Å². The van der Waals surface area contributed by atoms with E-state index in [1.165, 1.54) is 0 Å². The number of aromatic nitrogens is 1. The highest BCUT2D eigenvalue weighted by Crippen LogP contribution is 2.24. The fourth-order valence-electron chi connectivity index (χ4n) is 0.839. The van der Waals surface area contributed by atoms with Gasteiger partial charge in [0.25, 0.3) is 5.56 Å². The van der Waals surface area contributed by atoms with Crippen LogP contribution in [0.4, 0.5) is 17.6 Å². The second-order valence-electron chi connectivity index (χ2n) is 2.33. The summed E-state index contributed by atoms with van der Waals surface area (Å²) in [5.41, 5.74) is -1.61. The van der Waals surface area contributed by atoms with E-state index >= 15 is 0 Å². The molecule has 1 heterocycles. The summed E-state index contributed by atoms with van der Waals surface area (Å²) >= 11 is 0. The molecule has 0 aliphatic heterocycles. The molecule has 1 N–H and O–H groups in total. The van der Waals surface area contributed by atoms with Crippen LogP contribution in [0, 0.1) is 0 Å². The predicted molar refractivity (Wildman–Crippen MR) is 38.6 cm³/mol. The Kier molecular flexibility index (Phi) is 2.78. The molecule has 0 bridgehead atoms. The molecule has 0 unspecified atom stereocenters. The molecule has 0 radical (unpaired) electrons. The molecule has 0 saturated heterocycles. The Hall–Kier alpha value is -1.53. The first kappa shape index (κ1) is 10.6. The number of alkyl halides is 4. The van der Waals surface area contributed by atoms with Gasteiger partial charge in [-0.1, -0.05) is 0 Å². The van der Waals surface area contributed by atoms with Crippen molar-refractivity contribution in [2.75, 3.05) is 0 Å². The van der Waals surface area contributed by atoms with Crippen LogP contribution in [-0.2, 0) is 6.67 Å². The number of hydrogen-bond donors (Lipinski definition) is 1. The van der Waals surface area contributed by atoms with Crippen molar-refractivity contribution in [1.82, 2.24) is 4.98 Å². The minimum Gasteiger partial charge on any atom is -0.405 e. The van der Waals surface area contributed by atoms with Crippen LogP contribution < -0.4 is 10.3 Å². The van der Waals surface area contributed by atoms with E-state index in [1.807, 2.05) is 4.98 Å². The molecule has 0 atom stereocenters. The number of pyridine rings is 1. The third-order valence-corrected chi connectivity index (χ3v) is 1.38. The molecule has 0 fully saturated rings. The van der Waals surface area contributed by atoms with E-state index in [0.717, 1.165) is 12.3 Å². The Labute approximate surface area is 75.3 Å². The van der Waals surface area contributed by atoms with Gasteiger partial charge in [-0.15, -0.1) is 13.2 Å². The Morgan fingerprint density at radius 3 is 2.57 bits per heavy atom. The average molecular weight is 211 g/mol. The maximum atomic E-state index is 12.2. The first-order valence-corrected chi connectivity index (χ1v) is 3.46. The molecule has 3 nitrogen and oxygen atoms in total. The van der Waals surface area contributed by atoms with Crippen molar-refractivity contribution in [3.05, 3.63) is 28.2 Å². The normalized spacial score (nSPS) is 11.4. The minimum absolute atomic E-state index is 0.676. The summed E-state index contributed by atoms with van der Waals surface area (Å²) in [4.78, 5) is 12.8. The van der Waals surface area contributed by atoms with E-state index in [-0.39, 0.29) is 0 Å². The lowest BCUT2D eigenvalue weighted by molar-refractivity contribution is -0.275. The molecule has 0 amide bonds. The number of halogens is 4. The topological polar surface area (TPSA) is 42.1 Å². The predicted octanol–water partition coefficient (Wildman–Crippen LogP) is 1.74. The van der Waals surface area contributed by atoms with Crippen molar-refractivity contribution in [2.45, 2.75) is 13.0 Å². The van der Waals surface area contributed by atoms with Crippen LogP contribution in [0.15, 0.2) is 17.1 Å². The molecule has 1 aromatic heterocycles. The molecule has 1 aromatic rings. The van der Waals surface area contributed by atoms with Gasteiger partial charge in [-0.2, -0.15) is 0 Å². The summed E-state index contributed by atoms with van der Waals surface area (Å²) < 4.78 is 50.8. The van der Waals surface area contributed by atoms with Crippen molar-refractivity contribution in [1.29, 1.82) is 0 Å². The Bertz CT molecular complexity index is 371. The van der Waals surface area contributed by atoms with Crippen molar-refractivity contribution < 1.29 is 22.3 Å². The fraction of sp³-hybridized carbons (Fsp3) is 0.286. The standard InChI is InChI=1S/C7H5F4NO2/c8-3-4-5(14-7(9,10)11)1-2-12-6(4)13/h1-2H,3H2,(H,12,13). The number of nitrogens with one attached hydrogen (secondary N) is 1. The molecule has 0 aromatic carbocycles. The van der Waals surface area contributed by atoms with Gasteiger partial charge in [0.1, 0.15) is 12.4 Å². The van der Waals surface area contributed by atoms with Gasteiger partial charge in [-0.3, -0.25) is 4.79 Å². The van der Waals surface area contributed by atoms with Crippen LogP contribution in [0.2, 0.25) is 0 Å². The Balaban J connectivity index is 3.09. The summed E-state index contributed by atoms with van der Waals surface area (Å²) in [6, 6.07) is 0.837.